The topological polar surface area (TPSA) is 38.7 Å². The first-order valence-corrected chi connectivity index (χ1v) is 1.71. The summed E-state index contributed by atoms with van der Waals surface area (Å²) < 4.78 is 8.90. The second-order valence-electron chi connectivity index (χ2n) is 1.30. The van der Waals surface area contributed by atoms with E-state index in [0.717, 1.165) is 0 Å². The van der Waals surface area contributed by atoms with Gasteiger partial charge in [-0.05, 0) is 0 Å². The predicted molar refractivity (Wildman–Crippen MR) is 17.7 cm³/mol. The van der Waals surface area contributed by atoms with Gasteiger partial charge in [-0.15, -0.1) is 0 Å². The van der Waals surface area contributed by atoms with Gasteiger partial charge in [0.05, 0.1) is 0 Å². The monoisotopic (exact) mass is 90.0 g/mol. The van der Waals surface area contributed by atoms with E-state index >= 15 is 0 Å². The summed E-state index contributed by atoms with van der Waals surface area (Å²) in [6, 6.07) is 0. The van der Waals surface area contributed by atoms with Gasteiger partial charge in [0.25, 0.3) is 5.97 Å². The van der Waals surface area contributed by atoms with Crippen molar-refractivity contribution in [1.82, 2.24) is 0 Å². The highest BCUT2D eigenvalue weighted by molar-refractivity contribution is 4.44. The Morgan fingerprint density at radius 1 is 1.67 bits per heavy atom. The van der Waals surface area contributed by atoms with Crippen LogP contribution < -0.4 is 0 Å². The van der Waals surface area contributed by atoms with Gasteiger partial charge in [0.15, 0.2) is 6.79 Å². The van der Waals surface area contributed by atoms with Crippen molar-refractivity contribution in [2.75, 3.05) is 6.79 Å². The van der Waals surface area contributed by atoms with Gasteiger partial charge < -0.3 is 14.6 Å². The molecule has 0 aliphatic carbocycles. The molecule has 1 saturated heterocycles. The Hall–Kier alpha value is -0.120. The lowest BCUT2D eigenvalue weighted by atomic mass is 10.6. The first kappa shape index (κ1) is 4.05. The quantitative estimate of drug-likeness (QED) is 0.442. The highest BCUT2D eigenvalue weighted by Crippen LogP contribution is 2.16. The first-order chi connectivity index (χ1) is 2.71. The molecule has 3 nitrogen and oxygen atoms in total. The van der Waals surface area contributed by atoms with Crippen LogP contribution in [0.3, 0.4) is 0 Å². The molecule has 1 aliphatic rings. The molecule has 6 heavy (non-hydrogen) atoms. The first-order valence-electron chi connectivity index (χ1n) is 1.71. The minimum absolute atomic E-state index is 0.215. The highest BCUT2D eigenvalue weighted by Gasteiger charge is 2.30. The Morgan fingerprint density at radius 2 is 2.00 bits per heavy atom. The second-order valence-corrected chi connectivity index (χ2v) is 1.30. The van der Waals surface area contributed by atoms with Gasteiger partial charge in [0, 0.05) is 6.92 Å². The zero-order chi connectivity index (χ0) is 4.62. The normalized spacial score (nSPS) is 29.0. The maximum Gasteiger partial charge on any atom is 0.281 e. The van der Waals surface area contributed by atoms with Crippen LogP contribution in [0.2, 0.25) is 0 Å². The smallest absolute Gasteiger partial charge is 0.281 e. The molecule has 1 fully saturated rings. The molecule has 1 aliphatic heterocycles. The van der Waals surface area contributed by atoms with E-state index in [1.54, 1.807) is 0 Å². The van der Waals surface area contributed by atoms with Crippen molar-refractivity contribution in [2.45, 2.75) is 12.9 Å². The van der Waals surface area contributed by atoms with E-state index in [1.165, 1.54) is 6.92 Å². The Kier molecular flexibility index (Phi) is 0.629. The molecule has 0 saturated carbocycles. The summed E-state index contributed by atoms with van der Waals surface area (Å²) >= 11 is 0. The van der Waals surface area contributed by atoms with Crippen molar-refractivity contribution in [1.29, 1.82) is 0 Å². The fraction of sp³-hybridized carbons (Fsp3) is 1.00. The van der Waals surface area contributed by atoms with Crippen LogP contribution >= 0.6 is 0 Å². The number of hydrogen-bond acceptors (Lipinski definition) is 3. The number of ether oxygens (including phenoxy) is 2. The molecule has 0 atom stereocenters. The number of hydrogen-bond donors (Lipinski definition) is 1. The molecule has 0 bridgehead atoms. The van der Waals surface area contributed by atoms with E-state index in [9.17, 15) is 0 Å². The summed E-state index contributed by atoms with van der Waals surface area (Å²) in [7, 11) is 0. The average molecular weight is 90.1 g/mol. The zero-order valence-electron chi connectivity index (χ0n) is 3.47. The molecule has 3 heteroatoms. The van der Waals surface area contributed by atoms with Crippen LogP contribution in [0.4, 0.5) is 0 Å². The lowest BCUT2D eigenvalue weighted by Crippen LogP contribution is -2.43. The molecule has 0 radical (unpaired) electrons. The van der Waals surface area contributed by atoms with Crippen LogP contribution in [0, 0.1) is 0 Å². The summed E-state index contributed by atoms with van der Waals surface area (Å²) in [6.45, 7) is 1.66. The van der Waals surface area contributed by atoms with Crippen molar-refractivity contribution >= 4 is 0 Å². The molecule has 0 amide bonds. The largest absolute Gasteiger partial charge is 0.343 e. The third-order valence-electron chi connectivity index (χ3n) is 0.653. The van der Waals surface area contributed by atoms with Crippen molar-refractivity contribution in [3.05, 3.63) is 0 Å². The Morgan fingerprint density at radius 3 is 2.00 bits per heavy atom. The van der Waals surface area contributed by atoms with E-state index in [4.69, 9.17) is 5.11 Å². The Bertz CT molecular complexity index is 53.1. The van der Waals surface area contributed by atoms with Crippen LogP contribution in [0.5, 0.6) is 0 Å². The van der Waals surface area contributed by atoms with Crippen LogP contribution in [0.15, 0.2) is 0 Å². The molecule has 1 N–H and O–H groups in total. The van der Waals surface area contributed by atoms with E-state index in [1.807, 2.05) is 0 Å². The van der Waals surface area contributed by atoms with Gasteiger partial charge in [-0.25, -0.2) is 0 Å². The van der Waals surface area contributed by atoms with Gasteiger partial charge in [-0.2, -0.15) is 0 Å². The lowest BCUT2D eigenvalue weighted by Gasteiger charge is -2.31. The van der Waals surface area contributed by atoms with Gasteiger partial charge >= 0.3 is 0 Å². The summed E-state index contributed by atoms with van der Waals surface area (Å²) in [5.41, 5.74) is 0. The summed E-state index contributed by atoms with van der Waals surface area (Å²) in [5, 5.41) is 8.47. The molecule has 0 aromatic rings. The molecule has 0 aromatic carbocycles. The maximum absolute atomic E-state index is 8.47. The molecule has 36 valence electrons. The summed E-state index contributed by atoms with van der Waals surface area (Å²) in [6.07, 6.45) is 0. The SMILES string of the molecule is CC1(O)OCO1. The van der Waals surface area contributed by atoms with Crippen molar-refractivity contribution in [3.63, 3.8) is 0 Å². The van der Waals surface area contributed by atoms with Crippen LogP contribution in [-0.4, -0.2) is 17.9 Å². The molecule has 0 aromatic heterocycles. The molecule has 0 unspecified atom stereocenters. The molecule has 1 rings (SSSR count). The number of aliphatic hydroxyl groups is 1. The van der Waals surface area contributed by atoms with Gasteiger partial charge in [0.1, 0.15) is 0 Å². The number of rotatable bonds is 0. The Labute approximate surface area is 35.5 Å². The Balaban J connectivity index is 2.31. The van der Waals surface area contributed by atoms with Gasteiger partial charge in [-0.3, -0.25) is 0 Å². The van der Waals surface area contributed by atoms with Gasteiger partial charge in [0.2, 0.25) is 0 Å². The fourth-order valence-electron chi connectivity index (χ4n) is 0.229. The standard InChI is InChI=1S/C3H6O3/c1-3(4)5-2-6-3/h4H,2H2,1H3. The van der Waals surface area contributed by atoms with Crippen molar-refractivity contribution < 1.29 is 14.6 Å². The van der Waals surface area contributed by atoms with Crippen molar-refractivity contribution in [2.24, 2.45) is 0 Å². The maximum atomic E-state index is 8.47. The molecular weight excluding hydrogens is 84.0 g/mol. The summed E-state index contributed by atoms with van der Waals surface area (Å²) in [4.78, 5) is 0. The second kappa shape index (κ2) is 0.932. The minimum Gasteiger partial charge on any atom is -0.343 e. The predicted octanol–water partition coefficient (Wildman–Crippen LogP) is -0.343. The van der Waals surface area contributed by atoms with Crippen LogP contribution in [-0.2, 0) is 9.47 Å². The van der Waals surface area contributed by atoms with Crippen molar-refractivity contribution in [3.8, 4) is 0 Å². The van der Waals surface area contributed by atoms with Crippen LogP contribution in [0.1, 0.15) is 6.92 Å². The van der Waals surface area contributed by atoms with E-state index < -0.39 is 5.97 Å². The molecular formula is C3H6O3. The molecule has 0 spiro atoms. The third-order valence-corrected chi connectivity index (χ3v) is 0.653. The molecule has 1 heterocycles. The minimum atomic E-state index is -1.28. The third kappa shape index (κ3) is 0.518. The zero-order valence-corrected chi connectivity index (χ0v) is 3.47. The van der Waals surface area contributed by atoms with E-state index in [2.05, 4.69) is 9.47 Å². The summed E-state index contributed by atoms with van der Waals surface area (Å²) in [5.74, 6) is -1.28. The van der Waals surface area contributed by atoms with E-state index in [0.29, 0.717) is 0 Å². The average Bonchev–Trinajstić information content (AvgIpc) is 1.32. The van der Waals surface area contributed by atoms with Gasteiger partial charge in [-0.1, -0.05) is 0 Å². The van der Waals surface area contributed by atoms with E-state index in [-0.39, 0.29) is 6.79 Å². The lowest BCUT2D eigenvalue weighted by molar-refractivity contribution is -0.479. The van der Waals surface area contributed by atoms with Crippen LogP contribution in [0.25, 0.3) is 0 Å². The highest BCUT2D eigenvalue weighted by atomic mass is 16.9. The fourth-order valence-corrected chi connectivity index (χ4v) is 0.229.